The lowest BCUT2D eigenvalue weighted by molar-refractivity contribution is -0.126. The van der Waals surface area contributed by atoms with Crippen LogP contribution in [0, 0.1) is 12.7 Å². The molecular weight excluding hydrogens is 225 g/mol. The number of carbonyl (C=O) groups is 2. The zero-order chi connectivity index (χ0) is 12.6. The van der Waals surface area contributed by atoms with Crippen LogP contribution in [0.15, 0.2) is 18.2 Å². The molecule has 2 rings (SSSR count). The van der Waals surface area contributed by atoms with Gasteiger partial charge < -0.3 is 4.74 Å². The minimum Gasteiger partial charge on any atom is -0.446 e. The summed E-state index contributed by atoms with van der Waals surface area (Å²) in [6.45, 7) is 3.00. The topological polar surface area (TPSA) is 46.6 Å². The second-order valence-electron chi connectivity index (χ2n) is 3.99. The molecule has 4 nitrogen and oxygen atoms in total. The molecule has 1 heterocycles. The summed E-state index contributed by atoms with van der Waals surface area (Å²) in [7, 11) is 0. The third kappa shape index (κ3) is 2.00. The Bertz CT molecular complexity index is 487. The summed E-state index contributed by atoms with van der Waals surface area (Å²) < 4.78 is 18.2. The molecule has 0 aliphatic carbocycles. The maximum absolute atomic E-state index is 13.4. The van der Waals surface area contributed by atoms with E-state index < -0.39 is 18.0 Å². The van der Waals surface area contributed by atoms with Gasteiger partial charge in [-0.3, -0.25) is 4.79 Å². The predicted octanol–water partition coefficient (Wildman–Crippen LogP) is 2.17. The monoisotopic (exact) mass is 237 g/mol. The lowest BCUT2D eigenvalue weighted by atomic mass is 10.0. The summed E-state index contributed by atoms with van der Waals surface area (Å²) in [4.78, 5) is 23.7. The standard InChI is InChI=1S/C12H12FNO3/c1-7-3-4-9(5-10(7)13)11-6-17-12(16)14(11)8(2)15/h3-5,11H,6H2,1-2H3. The van der Waals surface area contributed by atoms with Crippen molar-refractivity contribution in [3.05, 3.63) is 35.1 Å². The van der Waals surface area contributed by atoms with E-state index in [0.717, 1.165) is 4.90 Å². The van der Waals surface area contributed by atoms with E-state index in [-0.39, 0.29) is 12.4 Å². The van der Waals surface area contributed by atoms with Gasteiger partial charge in [-0.2, -0.15) is 0 Å². The second-order valence-corrected chi connectivity index (χ2v) is 3.99. The summed E-state index contributed by atoms with van der Waals surface area (Å²) in [5.74, 6) is -0.760. The number of cyclic esters (lactones) is 1. The van der Waals surface area contributed by atoms with Gasteiger partial charge in [-0.15, -0.1) is 0 Å². The van der Waals surface area contributed by atoms with Crippen LogP contribution in [0.1, 0.15) is 24.1 Å². The van der Waals surface area contributed by atoms with Crippen molar-refractivity contribution >= 4 is 12.0 Å². The average molecular weight is 237 g/mol. The summed E-state index contributed by atoms with van der Waals surface area (Å²) in [5, 5.41) is 0. The molecule has 5 heteroatoms. The fourth-order valence-corrected chi connectivity index (χ4v) is 1.83. The van der Waals surface area contributed by atoms with Crippen LogP contribution in [0.5, 0.6) is 0 Å². The largest absolute Gasteiger partial charge is 0.446 e. The smallest absolute Gasteiger partial charge is 0.417 e. The van der Waals surface area contributed by atoms with Crippen LogP contribution in [0.25, 0.3) is 0 Å². The number of hydrogen-bond acceptors (Lipinski definition) is 3. The van der Waals surface area contributed by atoms with Crippen molar-refractivity contribution < 1.29 is 18.7 Å². The van der Waals surface area contributed by atoms with E-state index in [4.69, 9.17) is 4.74 Å². The summed E-state index contributed by atoms with van der Waals surface area (Å²) in [6, 6.07) is 4.11. The number of nitrogens with zero attached hydrogens (tertiary/aromatic N) is 1. The van der Waals surface area contributed by atoms with Crippen molar-refractivity contribution in [3.8, 4) is 0 Å². The average Bonchev–Trinajstić information content (AvgIpc) is 2.64. The highest BCUT2D eigenvalue weighted by Crippen LogP contribution is 2.28. The minimum atomic E-state index is -0.677. The summed E-state index contributed by atoms with van der Waals surface area (Å²) in [5.41, 5.74) is 1.09. The molecule has 0 spiro atoms. The molecule has 2 amide bonds. The number of ether oxygens (including phenoxy) is 1. The van der Waals surface area contributed by atoms with Crippen LogP contribution in [-0.4, -0.2) is 23.5 Å². The van der Waals surface area contributed by atoms with Crippen molar-refractivity contribution in [3.63, 3.8) is 0 Å². The van der Waals surface area contributed by atoms with E-state index in [1.54, 1.807) is 19.1 Å². The Morgan fingerprint density at radius 1 is 1.53 bits per heavy atom. The summed E-state index contributed by atoms with van der Waals surface area (Å²) >= 11 is 0. The van der Waals surface area contributed by atoms with Crippen molar-refractivity contribution in [1.82, 2.24) is 4.90 Å². The quantitative estimate of drug-likeness (QED) is 0.752. The van der Waals surface area contributed by atoms with Crippen LogP contribution < -0.4 is 0 Å². The van der Waals surface area contributed by atoms with Gasteiger partial charge in [0, 0.05) is 6.92 Å². The maximum Gasteiger partial charge on any atom is 0.417 e. The molecule has 0 bridgehead atoms. The molecular formula is C12H12FNO3. The number of halogens is 1. The van der Waals surface area contributed by atoms with E-state index in [1.165, 1.54) is 13.0 Å². The number of aryl methyl sites for hydroxylation is 1. The van der Waals surface area contributed by atoms with Crippen LogP contribution >= 0.6 is 0 Å². The van der Waals surface area contributed by atoms with E-state index >= 15 is 0 Å². The molecule has 1 saturated heterocycles. The first-order valence-electron chi connectivity index (χ1n) is 5.23. The molecule has 1 unspecified atom stereocenters. The molecule has 1 aliphatic heterocycles. The fourth-order valence-electron chi connectivity index (χ4n) is 1.83. The molecule has 1 atom stereocenters. The minimum absolute atomic E-state index is 0.0704. The first kappa shape index (κ1) is 11.6. The van der Waals surface area contributed by atoms with Crippen LogP contribution in [-0.2, 0) is 9.53 Å². The number of benzene rings is 1. The molecule has 90 valence electrons. The third-order valence-corrected chi connectivity index (χ3v) is 2.79. The molecule has 0 saturated carbocycles. The molecule has 0 radical (unpaired) electrons. The number of carbonyl (C=O) groups excluding carboxylic acids is 2. The van der Waals surface area contributed by atoms with Gasteiger partial charge in [0.25, 0.3) is 0 Å². The molecule has 1 aliphatic rings. The van der Waals surface area contributed by atoms with E-state index in [0.29, 0.717) is 11.1 Å². The lowest BCUT2D eigenvalue weighted by Gasteiger charge is -2.18. The molecule has 17 heavy (non-hydrogen) atoms. The first-order valence-corrected chi connectivity index (χ1v) is 5.23. The van der Waals surface area contributed by atoms with Crippen LogP contribution in [0.3, 0.4) is 0 Å². The Labute approximate surface area is 98.0 Å². The van der Waals surface area contributed by atoms with E-state index in [9.17, 15) is 14.0 Å². The van der Waals surface area contributed by atoms with E-state index in [2.05, 4.69) is 0 Å². The van der Waals surface area contributed by atoms with E-state index in [1.807, 2.05) is 0 Å². The van der Waals surface area contributed by atoms with Gasteiger partial charge in [-0.05, 0) is 24.1 Å². The zero-order valence-corrected chi connectivity index (χ0v) is 9.57. The number of hydrogen-bond donors (Lipinski definition) is 0. The normalized spacial score (nSPS) is 19.4. The number of imide groups is 1. The zero-order valence-electron chi connectivity index (χ0n) is 9.57. The third-order valence-electron chi connectivity index (χ3n) is 2.79. The predicted molar refractivity (Wildman–Crippen MR) is 57.7 cm³/mol. The highest BCUT2D eigenvalue weighted by Gasteiger charge is 2.37. The molecule has 1 fully saturated rings. The van der Waals surface area contributed by atoms with Gasteiger partial charge in [0.15, 0.2) is 0 Å². The molecule has 0 N–H and O–H groups in total. The maximum atomic E-state index is 13.4. The second kappa shape index (κ2) is 4.16. The van der Waals surface area contributed by atoms with Crippen molar-refractivity contribution in [2.45, 2.75) is 19.9 Å². The first-order chi connectivity index (χ1) is 8.00. The Morgan fingerprint density at radius 3 is 2.82 bits per heavy atom. The number of rotatable bonds is 1. The van der Waals surface area contributed by atoms with Crippen molar-refractivity contribution in [2.75, 3.05) is 6.61 Å². The van der Waals surface area contributed by atoms with Crippen molar-refractivity contribution in [1.29, 1.82) is 0 Å². The Hall–Kier alpha value is -1.91. The highest BCUT2D eigenvalue weighted by molar-refractivity contribution is 5.92. The molecule has 1 aromatic carbocycles. The Morgan fingerprint density at radius 2 is 2.24 bits per heavy atom. The number of amides is 2. The fraction of sp³-hybridized carbons (Fsp3) is 0.333. The Balaban J connectivity index is 2.36. The van der Waals surface area contributed by atoms with Crippen LogP contribution in [0.2, 0.25) is 0 Å². The van der Waals surface area contributed by atoms with Gasteiger partial charge in [0.2, 0.25) is 5.91 Å². The van der Waals surface area contributed by atoms with Gasteiger partial charge >= 0.3 is 6.09 Å². The van der Waals surface area contributed by atoms with Gasteiger partial charge in [0.05, 0.1) is 0 Å². The van der Waals surface area contributed by atoms with Crippen molar-refractivity contribution in [2.24, 2.45) is 0 Å². The van der Waals surface area contributed by atoms with Gasteiger partial charge in [0.1, 0.15) is 18.5 Å². The lowest BCUT2D eigenvalue weighted by Crippen LogP contribution is -2.32. The molecule has 1 aromatic rings. The summed E-state index contributed by atoms with van der Waals surface area (Å²) in [6.07, 6.45) is -0.677. The van der Waals surface area contributed by atoms with Gasteiger partial charge in [-0.1, -0.05) is 12.1 Å². The molecule has 0 aromatic heterocycles. The highest BCUT2D eigenvalue weighted by atomic mass is 19.1. The Kier molecular flexibility index (Phi) is 2.83. The van der Waals surface area contributed by atoms with Gasteiger partial charge in [-0.25, -0.2) is 14.1 Å². The van der Waals surface area contributed by atoms with Crippen LogP contribution in [0.4, 0.5) is 9.18 Å². The SMILES string of the molecule is CC(=O)N1C(=O)OCC1c1ccc(C)c(F)c1.